The van der Waals surface area contributed by atoms with Gasteiger partial charge in [0.25, 0.3) is 0 Å². The summed E-state index contributed by atoms with van der Waals surface area (Å²) in [5.41, 5.74) is 0. The fourth-order valence-corrected chi connectivity index (χ4v) is 6.04. The van der Waals surface area contributed by atoms with E-state index in [-0.39, 0.29) is 30.9 Å². The van der Waals surface area contributed by atoms with Crippen LogP contribution in [0.5, 0.6) is 0 Å². The van der Waals surface area contributed by atoms with Crippen molar-refractivity contribution in [3.63, 3.8) is 0 Å². The molecule has 2 atom stereocenters. The number of rotatable bonds is 38. The molecule has 0 radical (unpaired) electrons. The van der Waals surface area contributed by atoms with Gasteiger partial charge in [0.05, 0.1) is 13.2 Å². The van der Waals surface area contributed by atoms with Gasteiger partial charge in [0.15, 0.2) is 0 Å². The first-order valence-electron chi connectivity index (χ1n) is 21.4. The average Bonchev–Trinajstić information content (AvgIpc) is 3.14. The van der Waals surface area contributed by atoms with E-state index in [2.05, 4.69) is 60.9 Å². The molecular formula is C44H78N2O7. The van der Waals surface area contributed by atoms with Gasteiger partial charge in [-0.25, -0.2) is 4.79 Å². The molecule has 0 bridgehead atoms. The van der Waals surface area contributed by atoms with Crippen LogP contribution in [0.1, 0.15) is 194 Å². The van der Waals surface area contributed by atoms with Crippen molar-refractivity contribution in [2.45, 2.75) is 206 Å². The van der Waals surface area contributed by atoms with Gasteiger partial charge in [0.2, 0.25) is 11.8 Å². The number of esters is 1. The van der Waals surface area contributed by atoms with Gasteiger partial charge in [-0.2, -0.15) is 0 Å². The Morgan fingerprint density at radius 2 is 1.04 bits per heavy atom. The number of carboxylic acids is 1. The normalized spacial score (nSPS) is 12.8. The Hall–Kier alpha value is -2.94. The molecule has 9 nitrogen and oxygen atoms in total. The van der Waals surface area contributed by atoms with Crippen molar-refractivity contribution in [2.75, 3.05) is 13.2 Å². The summed E-state index contributed by atoms with van der Waals surface area (Å²) in [4.78, 5) is 47.5. The summed E-state index contributed by atoms with van der Waals surface area (Å²) in [7, 11) is 0. The van der Waals surface area contributed by atoms with Crippen LogP contribution in [0.25, 0.3) is 0 Å². The Morgan fingerprint density at radius 1 is 0.566 bits per heavy atom. The second kappa shape index (κ2) is 38.8. The predicted molar refractivity (Wildman–Crippen MR) is 218 cm³/mol. The fourth-order valence-electron chi connectivity index (χ4n) is 6.04. The van der Waals surface area contributed by atoms with Gasteiger partial charge in [-0.05, 0) is 89.9 Å². The number of hydrogen-bond donors (Lipinski definition) is 4. The summed E-state index contributed by atoms with van der Waals surface area (Å²) in [5, 5.41) is 22.5. The third-order valence-corrected chi connectivity index (χ3v) is 9.36. The number of unbranched alkanes of at least 4 members (excludes halogenated alkanes) is 18. The van der Waals surface area contributed by atoms with Crippen molar-refractivity contribution in [2.24, 2.45) is 0 Å². The molecule has 306 valence electrons. The number of aliphatic carboxylic acids is 1. The van der Waals surface area contributed by atoms with E-state index in [1.807, 2.05) is 0 Å². The molecule has 0 aromatic rings. The van der Waals surface area contributed by atoms with Crippen LogP contribution in [0.4, 0.5) is 0 Å². The minimum absolute atomic E-state index is 0.0592. The van der Waals surface area contributed by atoms with Crippen molar-refractivity contribution in [3.05, 3.63) is 36.5 Å². The van der Waals surface area contributed by atoms with Gasteiger partial charge < -0.3 is 25.6 Å². The second-order valence-corrected chi connectivity index (χ2v) is 14.4. The van der Waals surface area contributed by atoms with Gasteiger partial charge in [0.1, 0.15) is 12.1 Å². The topological polar surface area (TPSA) is 142 Å². The predicted octanol–water partition coefficient (Wildman–Crippen LogP) is 10.2. The van der Waals surface area contributed by atoms with E-state index in [4.69, 9.17) is 14.9 Å². The Labute approximate surface area is 323 Å². The number of carbonyl (C=O) groups is 4. The number of aliphatic hydroxyl groups is 1. The van der Waals surface area contributed by atoms with Crippen molar-refractivity contribution in [3.8, 4) is 0 Å². The molecule has 0 saturated heterocycles. The molecule has 0 aliphatic rings. The molecule has 53 heavy (non-hydrogen) atoms. The van der Waals surface area contributed by atoms with Crippen LogP contribution in [0.2, 0.25) is 0 Å². The highest BCUT2D eigenvalue weighted by Gasteiger charge is 2.19. The molecule has 0 heterocycles. The van der Waals surface area contributed by atoms with Crippen LogP contribution in [0, 0.1) is 0 Å². The molecule has 2 unspecified atom stereocenters. The molecule has 4 N–H and O–H groups in total. The Kier molecular flexibility index (Phi) is 36.6. The van der Waals surface area contributed by atoms with Gasteiger partial charge in [-0.15, -0.1) is 0 Å². The highest BCUT2D eigenvalue weighted by Crippen LogP contribution is 2.17. The molecule has 2 amide bonds. The zero-order chi connectivity index (χ0) is 39.0. The van der Waals surface area contributed by atoms with Gasteiger partial charge in [0, 0.05) is 12.8 Å². The first-order chi connectivity index (χ1) is 25.8. The Balaban J connectivity index is 4.41. The van der Waals surface area contributed by atoms with Crippen molar-refractivity contribution < 1.29 is 34.1 Å². The van der Waals surface area contributed by atoms with E-state index in [0.717, 1.165) is 83.5 Å². The SMILES string of the molecule is CCCCC/C=C\CCCCCCCC(=O)OC(CCC/C=C\C/C=C\CCCCCCC)CCCCCCCC(=O)NCC(=O)NC(CO)C(=O)O. The number of amides is 2. The number of allylic oxidation sites excluding steroid dienone is 6. The molecule has 0 aromatic heterocycles. The maximum Gasteiger partial charge on any atom is 0.328 e. The monoisotopic (exact) mass is 747 g/mol. The standard InChI is InChI=1S/C44H78N2O7/c1-3-5-7-9-11-13-15-17-18-20-22-25-29-33-39(53-43(50)36-32-28-23-21-19-16-14-12-10-8-6-4-2)34-30-26-24-27-31-35-41(48)45-37-42(49)46-40(38-47)44(51)52/h12,14-15,17,20,22,39-40,47H,3-11,13,16,18-19,21,23-38H2,1-2H3,(H,45,48)(H,46,49)(H,51,52)/b14-12-,17-15-,22-20-. The van der Waals surface area contributed by atoms with Crippen LogP contribution in [-0.2, 0) is 23.9 Å². The highest BCUT2D eigenvalue weighted by molar-refractivity contribution is 5.87. The molecule has 9 heteroatoms. The second-order valence-electron chi connectivity index (χ2n) is 14.4. The van der Waals surface area contributed by atoms with E-state index < -0.39 is 24.5 Å². The molecule has 0 fully saturated rings. The fraction of sp³-hybridized carbons (Fsp3) is 0.773. The molecule has 0 saturated carbocycles. The minimum Gasteiger partial charge on any atom is -0.480 e. The molecule has 0 aromatic carbocycles. The van der Waals surface area contributed by atoms with Crippen LogP contribution < -0.4 is 10.6 Å². The number of carboxylic acid groups (broad SMARTS) is 1. The van der Waals surface area contributed by atoms with Crippen LogP contribution in [-0.4, -0.2) is 59.3 Å². The first kappa shape index (κ1) is 50.1. The van der Waals surface area contributed by atoms with Crippen LogP contribution in [0.15, 0.2) is 36.5 Å². The van der Waals surface area contributed by atoms with E-state index in [1.165, 1.54) is 77.0 Å². The lowest BCUT2D eigenvalue weighted by Gasteiger charge is -2.18. The summed E-state index contributed by atoms with van der Waals surface area (Å²) in [6.45, 7) is 3.44. The third kappa shape index (κ3) is 35.8. The average molecular weight is 747 g/mol. The smallest absolute Gasteiger partial charge is 0.328 e. The van der Waals surface area contributed by atoms with Crippen molar-refractivity contribution in [1.82, 2.24) is 10.6 Å². The van der Waals surface area contributed by atoms with Crippen LogP contribution >= 0.6 is 0 Å². The summed E-state index contributed by atoms with van der Waals surface area (Å²) in [5.74, 6) is -2.33. The molecule has 0 aliphatic carbocycles. The third-order valence-electron chi connectivity index (χ3n) is 9.36. The van der Waals surface area contributed by atoms with E-state index in [1.54, 1.807) is 0 Å². The summed E-state index contributed by atoms with van der Waals surface area (Å²) >= 11 is 0. The lowest BCUT2D eigenvalue weighted by atomic mass is 10.0. The summed E-state index contributed by atoms with van der Waals surface area (Å²) < 4.78 is 5.99. The molecule has 0 spiro atoms. The molecule has 0 rings (SSSR count). The molecule has 0 aliphatic heterocycles. The quantitative estimate of drug-likeness (QED) is 0.0280. The number of hydrogen-bond acceptors (Lipinski definition) is 6. The lowest BCUT2D eigenvalue weighted by Crippen LogP contribution is -2.47. The first-order valence-corrected chi connectivity index (χ1v) is 21.4. The van der Waals surface area contributed by atoms with Gasteiger partial charge >= 0.3 is 11.9 Å². The summed E-state index contributed by atoms with van der Waals surface area (Å²) in [6, 6.07) is -1.39. The Morgan fingerprint density at radius 3 is 1.64 bits per heavy atom. The molecular weight excluding hydrogens is 668 g/mol. The Bertz CT molecular complexity index is 994. The van der Waals surface area contributed by atoms with E-state index >= 15 is 0 Å². The zero-order valence-corrected chi connectivity index (χ0v) is 33.8. The summed E-state index contributed by atoms with van der Waals surface area (Å²) in [6.07, 6.45) is 43.1. The highest BCUT2D eigenvalue weighted by atomic mass is 16.5. The van der Waals surface area contributed by atoms with Crippen molar-refractivity contribution in [1.29, 1.82) is 0 Å². The van der Waals surface area contributed by atoms with Crippen LogP contribution in [0.3, 0.4) is 0 Å². The number of ether oxygens (including phenoxy) is 1. The van der Waals surface area contributed by atoms with E-state index in [9.17, 15) is 19.2 Å². The number of nitrogens with one attached hydrogen (secondary N) is 2. The van der Waals surface area contributed by atoms with Gasteiger partial charge in [-0.1, -0.05) is 127 Å². The van der Waals surface area contributed by atoms with Gasteiger partial charge in [-0.3, -0.25) is 14.4 Å². The van der Waals surface area contributed by atoms with E-state index in [0.29, 0.717) is 12.8 Å². The zero-order valence-electron chi connectivity index (χ0n) is 33.8. The maximum atomic E-state index is 12.7. The number of carbonyl (C=O) groups excluding carboxylic acids is 3. The minimum atomic E-state index is -1.39. The largest absolute Gasteiger partial charge is 0.480 e. The maximum absolute atomic E-state index is 12.7. The number of aliphatic hydroxyl groups excluding tert-OH is 1. The van der Waals surface area contributed by atoms with Crippen molar-refractivity contribution >= 4 is 23.8 Å². The lowest BCUT2D eigenvalue weighted by molar-refractivity contribution is -0.150.